The summed E-state index contributed by atoms with van der Waals surface area (Å²) in [4.78, 5) is 17.5. The van der Waals surface area contributed by atoms with Gasteiger partial charge in [0, 0.05) is 29.8 Å². The molecule has 3 rings (SSSR count). The molecule has 0 saturated heterocycles. The van der Waals surface area contributed by atoms with Gasteiger partial charge in [-0.25, -0.2) is 9.97 Å². The van der Waals surface area contributed by atoms with Gasteiger partial charge in [-0.3, -0.25) is 4.98 Å². The Labute approximate surface area is 153 Å². The number of aromatic nitrogens is 5. The Bertz CT molecular complexity index is 889. The van der Waals surface area contributed by atoms with Crippen molar-refractivity contribution in [2.75, 3.05) is 13.2 Å². The molecular formula is C19H25N5O2. The van der Waals surface area contributed by atoms with Gasteiger partial charge in [0.1, 0.15) is 5.52 Å². The number of imidazole rings is 1. The Kier molecular flexibility index (Phi) is 5.18. The molecule has 7 nitrogen and oxygen atoms in total. The molecule has 0 spiro atoms. The third-order valence-corrected chi connectivity index (χ3v) is 4.15. The molecule has 3 aromatic rings. The van der Waals surface area contributed by atoms with Crippen molar-refractivity contribution in [3.63, 3.8) is 0 Å². The Hall–Kier alpha value is -2.54. The zero-order valence-electron chi connectivity index (χ0n) is 15.7. The molecule has 0 aliphatic heterocycles. The van der Waals surface area contributed by atoms with Gasteiger partial charge >= 0.3 is 6.01 Å². The van der Waals surface area contributed by atoms with Crippen molar-refractivity contribution in [2.24, 2.45) is 5.41 Å². The van der Waals surface area contributed by atoms with E-state index in [2.05, 4.69) is 44.4 Å². The van der Waals surface area contributed by atoms with Crippen LogP contribution in [0, 0.1) is 5.41 Å². The SMILES string of the molecule is CC(C)n1cnc2cnc(Cc3ccnc(OCC(C)(C)CO)n3)cc21. The fraction of sp³-hybridized carbons (Fsp3) is 0.474. The summed E-state index contributed by atoms with van der Waals surface area (Å²) >= 11 is 0. The molecule has 0 unspecified atom stereocenters. The fourth-order valence-electron chi connectivity index (χ4n) is 2.52. The van der Waals surface area contributed by atoms with Crippen LogP contribution >= 0.6 is 0 Å². The van der Waals surface area contributed by atoms with E-state index in [4.69, 9.17) is 4.74 Å². The van der Waals surface area contributed by atoms with Crippen LogP contribution in [-0.4, -0.2) is 42.8 Å². The number of pyridine rings is 1. The molecule has 0 aromatic carbocycles. The van der Waals surface area contributed by atoms with E-state index < -0.39 is 0 Å². The Morgan fingerprint density at radius 2 is 2.00 bits per heavy atom. The minimum Gasteiger partial charge on any atom is -0.463 e. The Morgan fingerprint density at radius 1 is 1.19 bits per heavy atom. The van der Waals surface area contributed by atoms with Gasteiger partial charge in [-0.15, -0.1) is 0 Å². The number of nitrogens with zero attached hydrogens (tertiary/aromatic N) is 5. The molecule has 0 aliphatic rings. The zero-order valence-corrected chi connectivity index (χ0v) is 15.7. The standard InChI is InChI=1S/C19H25N5O2/c1-13(2)24-12-22-16-9-21-15(8-17(16)24)7-14-5-6-20-18(23-14)26-11-19(3,4)10-25/h5-6,8-9,12-13,25H,7,10-11H2,1-4H3. The third kappa shape index (κ3) is 4.16. The second-order valence-corrected chi connectivity index (χ2v) is 7.53. The largest absolute Gasteiger partial charge is 0.463 e. The summed E-state index contributed by atoms with van der Waals surface area (Å²) in [6.07, 6.45) is 5.91. The van der Waals surface area contributed by atoms with E-state index in [0.717, 1.165) is 22.4 Å². The number of hydrogen-bond donors (Lipinski definition) is 1. The second kappa shape index (κ2) is 7.37. The smallest absolute Gasteiger partial charge is 0.316 e. The quantitative estimate of drug-likeness (QED) is 0.701. The summed E-state index contributed by atoms with van der Waals surface area (Å²) in [5.74, 6) is 0. The van der Waals surface area contributed by atoms with Crippen molar-refractivity contribution in [1.29, 1.82) is 0 Å². The molecular weight excluding hydrogens is 330 g/mol. The van der Waals surface area contributed by atoms with Gasteiger partial charge in [-0.05, 0) is 26.0 Å². The highest BCUT2D eigenvalue weighted by molar-refractivity contribution is 5.74. The van der Waals surface area contributed by atoms with Crippen LogP contribution < -0.4 is 4.74 Å². The van der Waals surface area contributed by atoms with Crippen molar-refractivity contribution >= 4 is 11.0 Å². The molecule has 0 aliphatic carbocycles. The monoisotopic (exact) mass is 355 g/mol. The molecule has 0 radical (unpaired) electrons. The van der Waals surface area contributed by atoms with Crippen LogP contribution in [0.4, 0.5) is 0 Å². The summed E-state index contributed by atoms with van der Waals surface area (Å²) in [5.41, 5.74) is 3.38. The molecule has 3 heterocycles. The van der Waals surface area contributed by atoms with Crippen LogP contribution in [0.3, 0.4) is 0 Å². The first-order valence-corrected chi connectivity index (χ1v) is 8.75. The minimum atomic E-state index is -0.332. The van der Waals surface area contributed by atoms with Gasteiger partial charge < -0.3 is 14.4 Å². The van der Waals surface area contributed by atoms with Crippen molar-refractivity contribution in [2.45, 2.75) is 40.2 Å². The van der Waals surface area contributed by atoms with Crippen molar-refractivity contribution < 1.29 is 9.84 Å². The number of aliphatic hydroxyl groups excluding tert-OH is 1. The number of hydrogen-bond acceptors (Lipinski definition) is 6. The number of rotatable bonds is 7. The number of ether oxygens (including phenoxy) is 1. The molecule has 0 bridgehead atoms. The average Bonchev–Trinajstić information content (AvgIpc) is 3.04. The topological polar surface area (TPSA) is 86.0 Å². The predicted octanol–water partition coefficient (Wildman–Crippen LogP) is 2.79. The van der Waals surface area contributed by atoms with Crippen LogP contribution in [0.5, 0.6) is 6.01 Å². The van der Waals surface area contributed by atoms with Gasteiger partial charge in [-0.2, -0.15) is 4.98 Å². The molecule has 0 atom stereocenters. The van der Waals surface area contributed by atoms with Gasteiger partial charge in [0.2, 0.25) is 0 Å². The summed E-state index contributed by atoms with van der Waals surface area (Å²) < 4.78 is 7.76. The summed E-state index contributed by atoms with van der Waals surface area (Å²) in [5, 5.41) is 9.32. The molecule has 0 fully saturated rings. The molecule has 7 heteroatoms. The lowest BCUT2D eigenvalue weighted by atomic mass is 9.97. The lowest BCUT2D eigenvalue weighted by Gasteiger charge is -2.20. The lowest BCUT2D eigenvalue weighted by Crippen LogP contribution is -2.26. The lowest BCUT2D eigenvalue weighted by molar-refractivity contribution is 0.0923. The highest BCUT2D eigenvalue weighted by Crippen LogP contribution is 2.19. The minimum absolute atomic E-state index is 0.0418. The first-order valence-electron chi connectivity index (χ1n) is 8.75. The van der Waals surface area contributed by atoms with Crippen LogP contribution in [0.1, 0.15) is 45.1 Å². The van der Waals surface area contributed by atoms with E-state index in [1.165, 1.54) is 0 Å². The maximum atomic E-state index is 9.32. The Balaban J connectivity index is 1.77. The van der Waals surface area contributed by atoms with Crippen molar-refractivity contribution in [3.05, 3.63) is 42.2 Å². The summed E-state index contributed by atoms with van der Waals surface area (Å²) in [7, 11) is 0. The highest BCUT2D eigenvalue weighted by atomic mass is 16.5. The molecule has 138 valence electrons. The van der Waals surface area contributed by atoms with Crippen LogP contribution in [-0.2, 0) is 6.42 Å². The number of fused-ring (bicyclic) bond motifs is 1. The van der Waals surface area contributed by atoms with Gasteiger partial charge in [-0.1, -0.05) is 13.8 Å². The molecule has 0 amide bonds. The normalized spacial score (nSPS) is 12.1. The van der Waals surface area contributed by atoms with E-state index in [-0.39, 0.29) is 12.0 Å². The molecule has 0 saturated carbocycles. The highest BCUT2D eigenvalue weighted by Gasteiger charge is 2.18. The first-order chi connectivity index (χ1) is 12.4. The van der Waals surface area contributed by atoms with Gasteiger partial charge in [0.15, 0.2) is 0 Å². The predicted molar refractivity (Wildman–Crippen MR) is 99.1 cm³/mol. The van der Waals surface area contributed by atoms with E-state index in [0.29, 0.717) is 25.1 Å². The number of aliphatic hydroxyl groups is 1. The maximum Gasteiger partial charge on any atom is 0.316 e. The molecule has 3 aromatic heterocycles. The van der Waals surface area contributed by atoms with Crippen LogP contribution in [0.15, 0.2) is 30.9 Å². The average molecular weight is 355 g/mol. The molecule has 26 heavy (non-hydrogen) atoms. The maximum absolute atomic E-state index is 9.32. The summed E-state index contributed by atoms with van der Waals surface area (Å²) in [6, 6.07) is 4.57. The van der Waals surface area contributed by atoms with Crippen LogP contribution in [0.25, 0.3) is 11.0 Å². The second-order valence-electron chi connectivity index (χ2n) is 7.53. The first kappa shape index (κ1) is 18.3. The van der Waals surface area contributed by atoms with Crippen molar-refractivity contribution in [1.82, 2.24) is 24.5 Å². The van der Waals surface area contributed by atoms with Crippen molar-refractivity contribution in [3.8, 4) is 6.01 Å². The Morgan fingerprint density at radius 3 is 2.73 bits per heavy atom. The van der Waals surface area contributed by atoms with E-state index in [1.54, 1.807) is 12.4 Å². The third-order valence-electron chi connectivity index (χ3n) is 4.15. The zero-order chi connectivity index (χ0) is 18.7. The summed E-state index contributed by atoms with van der Waals surface area (Å²) in [6.45, 7) is 8.50. The van der Waals surface area contributed by atoms with E-state index >= 15 is 0 Å². The van der Waals surface area contributed by atoms with E-state index in [9.17, 15) is 5.11 Å². The van der Waals surface area contributed by atoms with Crippen LogP contribution in [0.2, 0.25) is 0 Å². The van der Waals surface area contributed by atoms with Gasteiger partial charge in [0.05, 0.1) is 36.9 Å². The fourth-order valence-corrected chi connectivity index (χ4v) is 2.52. The van der Waals surface area contributed by atoms with E-state index in [1.807, 2.05) is 26.2 Å². The molecule has 1 N–H and O–H groups in total. The van der Waals surface area contributed by atoms with Gasteiger partial charge in [0.25, 0.3) is 0 Å².